The Kier molecular flexibility index (Phi) is 5.21. The Labute approximate surface area is 183 Å². The van der Waals surface area contributed by atoms with Crippen LogP contribution in [0.2, 0.25) is 0 Å². The fourth-order valence-electron chi connectivity index (χ4n) is 6.24. The number of esters is 1. The number of furan rings is 1. The van der Waals surface area contributed by atoms with Crippen molar-refractivity contribution in [2.45, 2.75) is 45.3 Å². The second kappa shape index (κ2) is 7.78. The van der Waals surface area contributed by atoms with Gasteiger partial charge >= 0.3 is 5.97 Å². The largest absolute Gasteiger partial charge is 0.461 e. The number of piperazine rings is 1. The molecule has 2 aliphatic heterocycles. The van der Waals surface area contributed by atoms with E-state index in [-0.39, 0.29) is 35.2 Å². The van der Waals surface area contributed by atoms with E-state index in [1.807, 2.05) is 0 Å². The number of carbonyl (C=O) groups is 2. The van der Waals surface area contributed by atoms with Gasteiger partial charge in [0.1, 0.15) is 6.10 Å². The third-order valence-corrected chi connectivity index (χ3v) is 8.42. The Balaban J connectivity index is 1.26. The highest BCUT2D eigenvalue weighted by molar-refractivity contribution is 5.91. The van der Waals surface area contributed by atoms with E-state index in [0.29, 0.717) is 44.4 Å². The molecule has 7 heteroatoms. The first-order chi connectivity index (χ1) is 14.9. The van der Waals surface area contributed by atoms with Gasteiger partial charge in [-0.25, -0.2) is 0 Å². The van der Waals surface area contributed by atoms with Crippen LogP contribution in [0.4, 0.5) is 0 Å². The van der Waals surface area contributed by atoms with Crippen molar-refractivity contribution in [2.24, 2.45) is 23.2 Å². The van der Waals surface area contributed by atoms with E-state index in [1.54, 1.807) is 17.0 Å². The standard InChI is InChI=1S/C24H32N2O5/c1-15-5-3-6-16-13-19-20(21(27)24(15,16)2)17(23(29)31-19)14-25-8-10-26(11-9-25)22(28)18-7-4-12-30-18/h4,6-7,12,15,17,19-21,27H,3,5,8-11,13-14H2,1-2H3. The van der Waals surface area contributed by atoms with E-state index in [9.17, 15) is 14.7 Å². The predicted molar refractivity (Wildman–Crippen MR) is 113 cm³/mol. The Hall–Kier alpha value is -2.12. The van der Waals surface area contributed by atoms with Crippen molar-refractivity contribution in [1.29, 1.82) is 0 Å². The lowest BCUT2D eigenvalue weighted by Crippen LogP contribution is -2.55. The molecule has 0 spiro atoms. The second-order valence-corrected chi connectivity index (χ2v) is 9.87. The Morgan fingerprint density at radius 2 is 2.06 bits per heavy atom. The van der Waals surface area contributed by atoms with E-state index in [1.165, 1.54) is 11.8 Å². The fourth-order valence-corrected chi connectivity index (χ4v) is 6.24. The van der Waals surface area contributed by atoms with Crippen LogP contribution in [0.25, 0.3) is 0 Å². The first-order valence-corrected chi connectivity index (χ1v) is 11.5. The molecule has 6 atom stereocenters. The highest BCUT2D eigenvalue weighted by Gasteiger charge is 2.59. The molecular weight excluding hydrogens is 396 g/mol. The van der Waals surface area contributed by atoms with Crippen molar-refractivity contribution in [2.75, 3.05) is 32.7 Å². The summed E-state index contributed by atoms with van der Waals surface area (Å²) in [4.78, 5) is 29.3. The highest BCUT2D eigenvalue weighted by Crippen LogP contribution is 2.56. The van der Waals surface area contributed by atoms with Crippen LogP contribution < -0.4 is 0 Å². The summed E-state index contributed by atoms with van der Waals surface area (Å²) in [6.45, 7) is 7.55. The molecule has 7 nitrogen and oxygen atoms in total. The molecule has 1 saturated carbocycles. The first kappa shape index (κ1) is 20.8. The molecular formula is C24H32N2O5. The zero-order chi connectivity index (χ0) is 21.8. The average Bonchev–Trinajstić information content (AvgIpc) is 3.39. The summed E-state index contributed by atoms with van der Waals surface area (Å²) in [5.74, 6) is -0.0154. The number of carbonyl (C=O) groups excluding carboxylic acids is 2. The van der Waals surface area contributed by atoms with Crippen molar-refractivity contribution in [1.82, 2.24) is 9.80 Å². The molecule has 6 unspecified atom stereocenters. The number of amides is 1. The zero-order valence-electron chi connectivity index (χ0n) is 18.3. The molecule has 1 N–H and O–H groups in total. The first-order valence-electron chi connectivity index (χ1n) is 11.5. The van der Waals surface area contributed by atoms with Crippen molar-refractivity contribution < 1.29 is 23.8 Å². The smallest absolute Gasteiger partial charge is 0.311 e. The molecule has 2 saturated heterocycles. The number of ether oxygens (including phenoxy) is 1. The van der Waals surface area contributed by atoms with Gasteiger partial charge in [0.15, 0.2) is 5.76 Å². The average molecular weight is 429 g/mol. The van der Waals surface area contributed by atoms with Crippen LogP contribution in [0, 0.1) is 23.2 Å². The van der Waals surface area contributed by atoms with E-state index >= 15 is 0 Å². The lowest BCUT2D eigenvalue weighted by atomic mass is 9.55. The number of aliphatic hydroxyl groups excluding tert-OH is 1. The second-order valence-electron chi connectivity index (χ2n) is 9.87. The van der Waals surface area contributed by atoms with Gasteiger partial charge in [0.25, 0.3) is 5.91 Å². The molecule has 31 heavy (non-hydrogen) atoms. The van der Waals surface area contributed by atoms with Gasteiger partial charge in [0, 0.05) is 50.5 Å². The minimum Gasteiger partial charge on any atom is -0.461 e. The number of allylic oxidation sites excluding steroid dienone is 1. The van der Waals surface area contributed by atoms with Crippen molar-refractivity contribution in [3.8, 4) is 0 Å². The Morgan fingerprint density at radius 3 is 2.77 bits per heavy atom. The van der Waals surface area contributed by atoms with Crippen LogP contribution in [0.3, 0.4) is 0 Å². The molecule has 4 aliphatic rings. The lowest BCUT2D eigenvalue weighted by Gasteiger charge is -2.52. The molecule has 2 aliphatic carbocycles. The minimum atomic E-state index is -0.578. The van der Waals surface area contributed by atoms with Gasteiger partial charge in [-0.2, -0.15) is 0 Å². The van der Waals surface area contributed by atoms with Gasteiger partial charge in [-0.15, -0.1) is 0 Å². The Bertz CT molecular complexity index is 873. The van der Waals surface area contributed by atoms with E-state index in [2.05, 4.69) is 24.8 Å². The van der Waals surface area contributed by atoms with Crippen molar-refractivity contribution >= 4 is 11.9 Å². The number of aliphatic hydroxyl groups is 1. The molecule has 168 valence electrons. The number of fused-ring (bicyclic) bond motifs is 2. The SMILES string of the molecule is CC1CCC=C2CC3OC(=O)C(CN4CCN(C(=O)c5ccco5)CC4)C3C(O)C21C. The summed E-state index contributed by atoms with van der Waals surface area (Å²) in [5, 5.41) is 11.5. The predicted octanol–water partition coefficient (Wildman–Crippen LogP) is 2.32. The molecule has 0 bridgehead atoms. The molecule has 5 rings (SSSR count). The number of rotatable bonds is 3. The third kappa shape index (κ3) is 3.33. The summed E-state index contributed by atoms with van der Waals surface area (Å²) in [7, 11) is 0. The van der Waals surface area contributed by atoms with Crippen LogP contribution in [-0.2, 0) is 9.53 Å². The van der Waals surface area contributed by atoms with Crippen LogP contribution in [0.15, 0.2) is 34.5 Å². The van der Waals surface area contributed by atoms with Gasteiger partial charge < -0.3 is 19.2 Å². The highest BCUT2D eigenvalue weighted by atomic mass is 16.6. The van der Waals surface area contributed by atoms with Gasteiger partial charge in [-0.1, -0.05) is 25.5 Å². The number of nitrogens with zero attached hydrogens (tertiary/aromatic N) is 2. The summed E-state index contributed by atoms with van der Waals surface area (Å²) in [5.41, 5.74) is 0.985. The maximum absolute atomic E-state index is 12.8. The molecule has 1 aromatic heterocycles. The molecule has 0 aromatic carbocycles. The van der Waals surface area contributed by atoms with Gasteiger partial charge in [0.2, 0.25) is 0 Å². The summed E-state index contributed by atoms with van der Waals surface area (Å²) >= 11 is 0. The fraction of sp³-hybridized carbons (Fsp3) is 0.667. The van der Waals surface area contributed by atoms with Crippen LogP contribution in [0.1, 0.15) is 43.7 Å². The molecule has 1 aromatic rings. The zero-order valence-corrected chi connectivity index (χ0v) is 18.3. The summed E-state index contributed by atoms with van der Waals surface area (Å²) < 4.78 is 11.0. The molecule has 3 heterocycles. The van der Waals surface area contributed by atoms with Crippen molar-refractivity contribution in [3.63, 3.8) is 0 Å². The monoisotopic (exact) mass is 428 g/mol. The van der Waals surface area contributed by atoms with E-state index in [0.717, 1.165) is 19.3 Å². The molecule has 0 radical (unpaired) electrons. The van der Waals surface area contributed by atoms with E-state index in [4.69, 9.17) is 9.15 Å². The normalized spacial score (nSPS) is 38.3. The van der Waals surface area contributed by atoms with Gasteiger partial charge in [-0.3, -0.25) is 14.5 Å². The van der Waals surface area contributed by atoms with Gasteiger partial charge in [-0.05, 0) is 30.9 Å². The van der Waals surface area contributed by atoms with Crippen LogP contribution >= 0.6 is 0 Å². The minimum absolute atomic E-state index is 0.0915. The maximum atomic E-state index is 12.8. The summed E-state index contributed by atoms with van der Waals surface area (Å²) in [6, 6.07) is 3.40. The van der Waals surface area contributed by atoms with Crippen molar-refractivity contribution in [3.05, 3.63) is 35.8 Å². The van der Waals surface area contributed by atoms with Gasteiger partial charge in [0.05, 0.1) is 18.3 Å². The quantitative estimate of drug-likeness (QED) is 0.588. The van der Waals surface area contributed by atoms with Crippen LogP contribution in [0.5, 0.6) is 0 Å². The molecule has 1 amide bonds. The maximum Gasteiger partial charge on any atom is 0.311 e. The third-order valence-electron chi connectivity index (χ3n) is 8.42. The number of hydrogen-bond donors (Lipinski definition) is 1. The van der Waals surface area contributed by atoms with Crippen LogP contribution in [-0.4, -0.2) is 71.7 Å². The Morgan fingerprint density at radius 1 is 1.29 bits per heavy atom. The number of hydrogen-bond acceptors (Lipinski definition) is 6. The molecule has 3 fully saturated rings. The topological polar surface area (TPSA) is 83.2 Å². The summed E-state index contributed by atoms with van der Waals surface area (Å²) in [6.07, 6.45) is 5.82. The van der Waals surface area contributed by atoms with E-state index < -0.39 is 6.10 Å². The lowest BCUT2D eigenvalue weighted by molar-refractivity contribution is -0.145.